The van der Waals surface area contributed by atoms with Gasteiger partial charge in [0.2, 0.25) is 0 Å². The first kappa shape index (κ1) is 15.0. The van der Waals surface area contributed by atoms with Gasteiger partial charge in [0, 0.05) is 7.05 Å². The fourth-order valence-electron chi connectivity index (χ4n) is 2.01. The Kier molecular flexibility index (Phi) is 3.70. The maximum atomic E-state index is 13.8. The molecule has 2 rings (SSSR count). The lowest BCUT2D eigenvalue weighted by Crippen LogP contribution is -2.15. The molecule has 0 saturated carbocycles. The Bertz CT molecular complexity index is 850. The zero-order valence-corrected chi connectivity index (χ0v) is 12.5. The van der Waals surface area contributed by atoms with Crippen LogP contribution in [0.4, 0.5) is 10.1 Å². The summed E-state index contributed by atoms with van der Waals surface area (Å²) in [5, 5.41) is 12.7. The number of nitrogens with one attached hydrogen (secondary N) is 1. The Labute approximate surface area is 121 Å². The van der Waals surface area contributed by atoms with Gasteiger partial charge in [0.1, 0.15) is 10.7 Å². The molecule has 2 aromatic rings. The fourth-order valence-corrected chi connectivity index (χ4v) is 3.51. The maximum absolute atomic E-state index is 13.8. The minimum Gasteiger partial charge on any atom is -0.277 e. The Morgan fingerprint density at radius 1 is 1.38 bits per heavy atom. The van der Waals surface area contributed by atoms with Crippen molar-refractivity contribution < 1.29 is 12.8 Å². The SMILES string of the molecule is Cc1nn(C)c(C)c1S(=O)(=O)Nc1ccc(C#N)cc1F. The maximum Gasteiger partial charge on any atom is 0.265 e. The molecule has 0 aliphatic heterocycles. The van der Waals surface area contributed by atoms with Gasteiger partial charge < -0.3 is 0 Å². The molecule has 0 fully saturated rings. The highest BCUT2D eigenvalue weighted by atomic mass is 32.2. The number of rotatable bonds is 3. The number of nitrogens with zero attached hydrogens (tertiary/aromatic N) is 3. The van der Waals surface area contributed by atoms with Gasteiger partial charge in [-0.05, 0) is 32.0 Å². The molecule has 0 bridgehead atoms. The van der Waals surface area contributed by atoms with E-state index < -0.39 is 15.8 Å². The van der Waals surface area contributed by atoms with E-state index in [0.717, 1.165) is 6.07 Å². The second-order valence-corrected chi connectivity index (χ2v) is 6.15. The van der Waals surface area contributed by atoms with E-state index in [1.165, 1.54) is 16.8 Å². The summed E-state index contributed by atoms with van der Waals surface area (Å²) >= 11 is 0. The Hall–Kier alpha value is -2.40. The van der Waals surface area contributed by atoms with Gasteiger partial charge in [-0.25, -0.2) is 12.8 Å². The monoisotopic (exact) mass is 308 g/mol. The molecule has 110 valence electrons. The largest absolute Gasteiger partial charge is 0.277 e. The Morgan fingerprint density at radius 3 is 2.52 bits per heavy atom. The van der Waals surface area contributed by atoms with Crippen LogP contribution in [0.1, 0.15) is 17.0 Å². The van der Waals surface area contributed by atoms with Crippen molar-refractivity contribution in [2.24, 2.45) is 7.05 Å². The molecule has 0 unspecified atom stereocenters. The molecule has 0 amide bonds. The van der Waals surface area contributed by atoms with Gasteiger partial charge in [-0.2, -0.15) is 10.4 Å². The third-order valence-corrected chi connectivity index (χ3v) is 4.67. The molecule has 0 atom stereocenters. The lowest BCUT2D eigenvalue weighted by atomic mass is 10.2. The Balaban J connectivity index is 2.45. The van der Waals surface area contributed by atoms with Crippen LogP contribution in [0, 0.1) is 31.0 Å². The third-order valence-electron chi connectivity index (χ3n) is 3.05. The smallest absolute Gasteiger partial charge is 0.265 e. The van der Waals surface area contributed by atoms with E-state index in [2.05, 4.69) is 9.82 Å². The van der Waals surface area contributed by atoms with E-state index >= 15 is 0 Å². The summed E-state index contributed by atoms with van der Waals surface area (Å²) in [6.07, 6.45) is 0. The minimum absolute atomic E-state index is 0.0220. The van der Waals surface area contributed by atoms with E-state index in [1.54, 1.807) is 27.0 Å². The molecule has 1 heterocycles. The van der Waals surface area contributed by atoms with Crippen LogP contribution >= 0.6 is 0 Å². The highest BCUT2D eigenvalue weighted by molar-refractivity contribution is 7.92. The fraction of sp³-hybridized carbons (Fsp3) is 0.231. The standard InChI is InChI=1S/C13H13FN4O2S/c1-8-13(9(2)18(3)16-8)21(19,20)17-12-5-4-10(7-15)6-11(12)14/h4-6,17H,1-3H3. The van der Waals surface area contributed by atoms with E-state index in [1.807, 2.05) is 0 Å². The van der Waals surface area contributed by atoms with Crippen molar-refractivity contribution in [1.82, 2.24) is 9.78 Å². The molecule has 0 aliphatic rings. The van der Waals surface area contributed by atoms with E-state index in [4.69, 9.17) is 5.26 Å². The van der Waals surface area contributed by atoms with Crippen molar-refractivity contribution in [1.29, 1.82) is 5.26 Å². The quantitative estimate of drug-likeness (QED) is 0.937. The van der Waals surface area contributed by atoms with E-state index in [0.29, 0.717) is 11.4 Å². The average molecular weight is 308 g/mol. The van der Waals surface area contributed by atoms with Crippen molar-refractivity contribution in [3.63, 3.8) is 0 Å². The number of benzene rings is 1. The molecule has 0 aliphatic carbocycles. The highest BCUT2D eigenvalue weighted by Gasteiger charge is 2.24. The van der Waals surface area contributed by atoms with Crippen molar-refractivity contribution in [3.05, 3.63) is 41.0 Å². The van der Waals surface area contributed by atoms with Gasteiger partial charge in [0.25, 0.3) is 10.0 Å². The molecule has 1 aromatic heterocycles. The second kappa shape index (κ2) is 5.18. The molecule has 1 N–H and O–H groups in total. The lowest BCUT2D eigenvalue weighted by Gasteiger charge is -2.09. The summed E-state index contributed by atoms with van der Waals surface area (Å²) in [6.45, 7) is 3.18. The zero-order chi connectivity index (χ0) is 15.8. The number of nitriles is 1. The Morgan fingerprint density at radius 2 is 2.05 bits per heavy atom. The highest BCUT2D eigenvalue weighted by Crippen LogP contribution is 2.24. The summed E-state index contributed by atoms with van der Waals surface area (Å²) < 4.78 is 42.2. The molecule has 0 saturated heterocycles. The predicted octanol–water partition coefficient (Wildman–Crippen LogP) is 1.85. The molecule has 8 heteroatoms. The van der Waals surface area contributed by atoms with Crippen molar-refractivity contribution in [2.45, 2.75) is 18.7 Å². The molecule has 0 radical (unpaired) electrons. The van der Waals surface area contributed by atoms with Crippen LogP contribution in [0.3, 0.4) is 0 Å². The van der Waals surface area contributed by atoms with Crippen LogP contribution in [0.2, 0.25) is 0 Å². The van der Waals surface area contributed by atoms with Crippen LogP contribution < -0.4 is 4.72 Å². The number of sulfonamides is 1. The van der Waals surface area contributed by atoms with Crippen LogP contribution in [-0.4, -0.2) is 18.2 Å². The number of aryl methyl sites for hydroxylation is 2. The average Bonchev–Trinajstić information content (AvgIpc) is 2.66. The third kappa shape index (κ3) is 2.73. The predicted molar refractivity (Wildman–Crippen MR) is 74.6 cm³/mol. The summed E-state index contributed by atoms with van der Waals surface area (Å²) in [7, 11) is -2.32. The normalized spacial score (nSPS) is 11.2. The number of halogens is 1. The van der Waals surface area contributed by atoms with Crippen molar-refractivity contribution >= 4 is 15.7 Å². The first-order chi connectivity index (χ1) is 9.76. The van der Waals surface area contributed by atoms with Gasteiger partial charge in [0.05, 0.1) is 28.7 Å². The first-order valence-electron chi connectivity index (χ1n) is 5.99. The van der Waals surface area contributed by atoms with Gasteiger partial charge >= 0.3 is 0 Å². The van der Waals surface area contributed by atoms with Gasteiger partial charge in [-0.15, -0.1) is 0 Å². The number of hydrogen-bond donors (Lipinski definition) is 1. The zero-order valence-electron chi connectivity index (χ0n) is 11.7. The van der Waals surface area contributed by atoms with E-state index in [-0.39, 0.29) is 16.1 Å². The van der Waals surface area contributed by atoms with Gasteiger partial charge in [-0.1, -0.05) is 0 Å². The lowest BCUT2D eigenvalue weighted by molar-refractivity contribution is 0.597. The first-order valence-corrected chi connectivity index (χ1v) is 7.47. The van der Waals surface area contributed by atoms with E-state index in [9.17, 15) is 12.8 Å². The van der Waals surface area contributed by atoms with Crippen LogP contribution in [0.25, 0.3) is 0 Å². The van der Waals surface area contributed by atoms with Crippen molar-refractivity contribution in [3.8, 4) is 6.07 Å². The summed E-state index contributed by atoms with van der Waals surface area (Å²) in [5.74, 6) is -0.808. The van der Waals surface area contributed by atoms with Crippen molar-refractivity contribution in [2.75, 3.05) is 4.72 Å². The molecule has 21 heavy (non-hydrogen) atoms. The van der Waals surface area contributed by atoms with Gasteiger partial charge in [0.15, 0.2) is 0 Å². The number of hydrogen-bond acceptors (Lipinski definition) is 4. The summed E-state index contributed by atoms with van der Waals surface area (Å²) in [4.78, 5) is 0.0220. The molecule has 0 spiro atoms. The molecular formula is C13H13FN4O2S. The molecule has 1 aromatic carbocycles. The minimum atomic E-state index is -3.95. The van der Waals surface area contributed by atoms with Crippen LogP contribution in [0.15, 0.2) is 23.1 Å². The van der Waals surface area contributed by atoms with Crippen LogP contribution in [0.5, 0.6) is 0 Å². The summed E-state index contributed by atoms with van der Waals surface area (Å²) in [5.41, 5.74) is 0.687. The second-order valence-electron chi connectivity index (χ2n) is 4.54. The van der Waals surface area contributed by atoms with Gasteiger partial charge in [-0.3, -0.25) is 9.40 Å². The number of anilines is 1. The summed E-state index contributed by atoms with van der Waals surface area (Å²) in [6, 6.07) is 5.31. The van der Waals surface area contributed by atoms with Crippen LogP contribution in [-0.2, 0) is 17.1 Å². The molecule has 6 nitrogen and oxygen atoms in total. The molecular weight excluding hydrogens is 295 g/mol. The number of aromatic nitrogens is 2. The topological polar surface area (TPSA) is 87.8 Å².